The van der Waals surface area contributed by atoms with E-state index in [4.69, 9.17) is 4.98 Å². The molecule has 6 nitrogen and oxygen atoms in total. The third-order valence-electron chi connectivity index (χ3n) is 8.42. The standard InChI is InChI=1S/C34H50N4O2S/c1-7-28(8-2)38-31-12-11-26(17-30(31)36-33(38)19-29-10-9-15-41-29)32(39)18-27(16-23(3)4)34(40)35-20-25-13-14-37(22-25)21-24(5)6/h9-12,15,17,23-25,27-28H,7-8,13-14,16,18-22H2,1-6H3,(H,35,40)/t25?,27-/m1/s1. The van der Waals surface area contributed by atoms with Crippen LogP contribution in [-0.2, 0) is 11.2 Å². The second kappa shape index (κ2) is 14.6. The van der Waals surface area contributed by atoms with Gasteiger partial charge in [-0.15, -0.1) is 11.3 Å². The number of rotatable bonds is 15. The minimum absolute atomic E-state index is 0.0201. The van der Waals surface area contributed by atoms with E-state index < -0.39 is 0 Å². The minimum atomic E-state index is -0.317. The number of nitrogens with one attached hydrogen (secondary N) is 1. The molecule has 2 aromatic heterocycles. The normalized spacial score (nSPS) is 16.9. The van der Waals surface area contributed by atoms with Crippen molar-refractivity contribution in [2.24, 2.45) is 23.7 Å². The Hall–Kier alpha value is -2.51. The van der Waals surface area contributed by atoms with E-state index in [1.54, 1.807) is 11.3 Å². The molecule has 1 amide bonds. The zero-order valence-corrected chi connectivity index (χ0v) is 26.8. The number of benzene rings is 1. The molecule has 1 saturated heterocycles. The summed E-state index contributed by atoms with van der Waals surface area (Å²) >= 11 is 1.75. The van der Waals surface area contributed by atoms with Gasteiger partial charge in [0.1, 0.15) is 5.82 Å². The Balaban J connectivity index is 1.47. The van der Waals surface area contributed by atoms with Gasteiger partial charge in [-0.05, 0) is 79.6 Å². The summed E-state index contributed by atoms with van der Waals surface area (Å²) in [6.45, 7) is 17.2. The smallest absolute Gasteiger partial charge is 0.223 e. The van der Waals surface area contributed by atoms with E-state index in [1.165, 1.54) is 4.88 Å². The number of ketones is 1. The first-order valence-corrected chi connectivity index (χ1v) is 16.6. The van der Waals surface area contributed by atoms with Crippen molar-refractivity contribution >= 4 is 34.1 Å². The first-order valence-electron chi connectivity index (χ1n) is 15.7. The maximum absolute atomic E-state index is 13.6. The van der Waals surface area contributed by atoms with Gasteiger partial charge in [0, 0.05) is 54.9 Å². The molecule has 4 rings (SSSR count). The second-order valence-corrected chi connectivity index (χ2v) is 13.9. The highest BCUT2D eigenvalue weighted by Crippen LogP contribution is 2.29. The van der Waals surface area contributed by atoms with E-state index in [1.807, 2.05) is 12.1 Å². The Morgan fingerprint density at radius 1 is 1.10 bits per heavy atom. The molecule has 1 aliphatic rings. The summed E-state index contributed by atoms with van der Waals surface area (Å²) in [6, 6.07) is 10.6. The summed E-state index contributed by atoms with van der Waals surface area (Å²) in [5.74, 6) is 2.26. The number of aromatic nitrogens is 2. The van der Waals surface area contributed by atoms with Crippen LogP contribution in [0.5, 0.6) is 0 Å². The van der Waals surface area contributed by atoms with Gasteiger partial charge in [-0.3, -0.25) is 9.59 Å². The molecule has 0 aliphatic carbocycles. The van der Waals surface area contributed by atoms with E-state index in [9.17, 15) is 9.59 Å². The quantitative estimate of drug-likeness (QED) is 0.191. The molecule has 1 aromatic carbocycles. The lowest BCUT2D eigenvalue weighted by Crippen LogP contribution is -2.37. The largest absolute Gasteiger partial charge is 0.356 e. The number of fused-ring (bicyclic) bond motifs is 1. The van der Waals surface area contributed by atoms with E-state index in [2.05, 4.69) is 79.9 Å². The van der Waals surface area contributed by atoms with Gasteiger partial charge < -0.3 is 14.8 Å². The SMILES string of the molecule is CCC(CC)n1c(Cc2cccs2)nc2cc(C(=O)C[C@@H](CC(C)C)C(=O)NCC3CCN(CC(C)C)C3)ccc21. The molecule has 0 bridgehead atoms. The van der Waals surface area contributed by atoms with Crippen LogP contribution in [0, 0.1) is 23.7 Å². The van der Waals surface area contributed by atoms with E-state index in [-0.39, 0.29) is 24.0 Å². The monoisotopic (exact) mass is 578 g/mol. The lowest BCUT2D eigenvalue weighted by molar-refractivity contribution is -0.125. The number of likely N-dealkylation sites (tertiary alicyclic amines) is 1. The molecule has 2 atom stereocenters. The molecule has 7 heteroatoms. The number of amides is 1. The highest BCUT2D eigenvalue weighted by Gasteiger charge is 2.27. The lowest BCUT2D eigenvalue weighted by atomic mass is 9.89. The third kappa shape index (κ3) is 8.29. The molecule has 3 heterocycles. The number of Topliss-reactive ketones (excluding diaryl/α,β-unsaturated/α-hetero) is 1. The summed E-state index contributed by atoms with van der Waals surface area (Å²) in [4.78, 5) is 35.7. The van der Waals surface area contributed by atoms with Crippen molar-refractivity contribution in [3.05, 3.63) is 52.0 Å². The van der Waals surface area contributed by atoms with Crippen LogP contribution in [0.15, 0.2) is 35.7 Å². The van der Waals surface area contributed by atoms with Crippen LogP contribution in [0.1, 0.15) is 101 Å². The fraction of sp³-hybridized carbons (Fsp3) is 0.618. The van der Waals surface area contributed by atoms with Crippen molar-refractivity contribution < 1.29 is 9.59 Å². The van der Waals surface area contributed by atoms with Crippen LogP contribution in [-0.4, -0.2) is 52.3 Å². The zero-order valence-electron chi connectivity index (χ0n) is 26.0. The van der Waals surface area contributed by atoms with Crippen LogP contribution in [0.3, 0.4) is 0 Å². The summed E-state index contributed by atoms with van der Waals surface area (Å²) in [5.41, 5.74) is 2.60. The zero-order chi connectivity index (χ0) is 29.5. The summed E-state index contributed by atoms with van der Waals surface area (Å²) in [6.07, 6.45) is 4.91. The Kier molecular flexibility index (Phi) is 11.2. The Morgan fingerprint density at radius 3 is 2.54 bits per heavy atom. The number of thiophene rings is 1. The molecule has 0 saturated carbocycles. The number of hydrogen-bond donors (Lipinski definition) is 1. The van der Waals surface area contributed by atoms with Gasteiger partial charge in [0.25, 0.3) is 0 Å². The lowest BCUT2D eigenvalue weighted by Gasteiger charge is -2.21. The van der Waals surface area contributed by atoms with Crippen molar-refractivity contribution in [3.63, 3.8) is 0 Å². The van der Waals surface area contributed by atoms with Gasteiger partial charge >= 0.3 is 0 Å². The van der Waals surface area contributed by atoms with Gasteiger partial charge in [0.15, 0.2) is 5.78 Å². The first-order chi connectivity index (χ1) is 19.7. The van der Waals surface area contributed by atoms with Crippen LogP contribution < -0.4 is 5.32 Å². The fourth-order valence-electron chi connectivity index (χ4n) is 6.42. The number of nitrogens with zero attached hydrogens (tertiary/aromatic N) is 3. The Labute approximate surface area is 250 Å². The molecular formula is C34H50N4O2S. The van der Waals surface area contributed by atoms with Gasteiger partial charge in [-0.25, -0.2) is 4.98 Å². The highest BCUT2D eigenvalue weighted by molar-refractivity contribution is 7.09. The predicted molar refractivity (Wildman–Crippen MR) is 171 cm³/mol. The van der Waals surface area contributed by atoms with E-state index in [0.29, 0.717) is 42.3 Å². The van der Waals surface area contributed by atoms with E-state index >= 15 is 0 Å². The molecule has 41 heavy (non-hydrogen) atoms. The maximum atomic E-state index is 13.6. The van der Waals surface area contributed by atoms with Crippen molar-refractivity contribution in [1.82, 2.24) is 19.8 Å². The number of hydrogen-bond acceptors (Lipinski definition) is 5. The highest BCUT2D eigenvalue weighted by atomic mass is 32.1. The van der Waals surface area contributed by atoms with Crippen molar-refractivity contribution in [1.29, 1.82) is 0 Å². The van der Waals surface area contributed by atoms with Crippen LogP contribution in [0.4, 0.5) is 0 Å². The Morgan fingerprint density at radius 2 is 1.88 bits per heavy atom. The Bertz CT molecular complexity index is 1280. The minimum Gasteiger partial charge on any atom is -0.356 e. The topological polar surface area (TPSA) is 67.2 Å². The van der Waals surface area contributed by atoms with Crippen LogP contribution in [0.25, 0.3) is 11.0 Å². The third-order valence-corrected chi connectivity index (χ3v) is 9.30. The second-order valence-electron chi connectivity index (χ2n) is 12.8. The fourth-order valence-corrected chi connectivity index (χ4v) is 7.12. The van der Waals surface area contributed by atoms with Gasteiger partial charge in [-0.1, -0.05) is 47.6 Å². The van der Waals surface area contributed by atoms with Crippen molar-refractivity contribution in [3.8, 4) is 0 Å². The molecule has 1 fully saturated rings. The summed E-state index contributed by atoms with van der Waals surface area (Å²) < 4.78 is 2.38. The average molecular weight is 579 g/mol. The molecule has 1 N–H and O–H groups in total. The molecule has 0 radical (unpaired) electrons. The average Bonchev–Trinajstić information content (AvgIpc) is 3.68. The molecule has 1 aliphatic heterocycles. The number of imidazole rings is 1. The summed E-state index contributed by atoms with van der Waals surface area (Å²) in [5, 5.41) is 5.32. The van der Waals surface area contributed by atoms with Gasteiger partial charge in [-0.2, -0.15) is 0 Å². The number of carbonyl (C=O) groups excluding carboxylic acids is 2. The summed E-state index contributed by atoms with van der Waals surface area (Å²) in [7, 11) is 0. The van der Waals surface area contributed by atoms with Crippen LogP contribution >= 0.6 is 11.3 Å². The van der Waals surface area contributed by atoms with Gasteiger partial charge in [0.05, 0.1) is 11.0 Å². The molecule has 1 unspecified atom stereocenters. The van der Waals surface area contributed by atoms with Crippen LogP contribution in [0.2, 0.25) is 0 Å². The van der Waals surface area contributed by atoms with Crippen molar-refractivity contribution in [2.75, 3.05) is 26.2 Å². The molecule has 3 aromatic rings. The molecule has 0 spiro atoms. The predicted octanol–water partition coefficient (Wildman–Crippen LogP) is 7.38. The first kappa shape index (κ1) is 31.4. The molecule has 224 valence electrons. The van der Waals surface area contributed by atoms with Crippen molar-refractivity contribution in [2.45, 2.75) is 86.1 Å². The van der Waals surface area contributed by atoms with Gasteiger partial charge in [0.2, 0.25) is 5.91 Å². The molecular weight excluding hydrogens is 528 g/mol. The number of carbonyl (C=O) groups is 2. The maximum Gasteiger partial charge on any atom is 0.223 e. The van der Waals surface area contributed by atoms with E-state index in [0.717, 1.165) is 62.2 Å².